The fourth-order valence-corrected chi connectivity index (χ4v) is 3.64. The maximum Gasteiger partial charge on any atom is 0.167 e. The standard InChI is InChI=1S/C12H21N3S/c1-3-13-10-6-4-5-7-11(10)16-12-14-8-9-15(12)2/h8-11,13H,3-7H2,1-2H3. The van der Waals surface area contributed by atoms with Crippen LogP contribution in [-0.4, -0.2) is 27.4 Å². The van der Waals surface area contributed by atoms with E-state index in [-0.39, 0.29) is 0 Å². The van der Waals surface area contributed by atoms with E-state index < -0.39 is 0 Å². The van der Waals surface area contributed by atoms with Gasteiger partial charge < -0.3 is 9.88 Å². The largest absolute Gasteiger partial charge is 0.329 e. The maximum atomic E-state index is 4.40. The van der Waals surface area contributed by atoms with Crippen LogP contribution in [0.25, 0.3) is 0 Å². The second-order valence-corrected chi connectivity index (χ2v) is 5.63. The summed E-state index contributed by atoms with van der Waals surface area (Å²) in [6, 6.07) is 0.667. The lowest BCUT2D eigenvalue weighted by molar-refractivity contribution is 0.390. The van der Waals surface area contributed by atoms with Crippen molar-refractivity contribution >= 4 is 11.8 Å². The van der Waals surface area contributed by atoms with Crippen molar-refractivity contribution in [3.63, 3.8) is 0 Å². The van der Waals surface area contributed by atoms with Crippen LogP contribution < -0.4 is 5.32 Å². The molecule has 0 aliphatic heterocycles. The minimum absolute atomic E-state index is 0.667. The molecule has 1 N–H and O–H groups in total. The van der Waals surface area contributed by atoms with Crippen LogP contribution in [0.2, 0.25) is 0 Å². The van der Waals surface area contributed by atoms with Crippen molar-refractivity contribution in [2.75, 3.05) is 6.54 Å². The van der Waals surface area contributed by atoms with E-state index in [4.69, 9.17) is 0 Å². The number of hydrogen-bond acceptors (Lipinski definition) is 3. The number of nitrogens with one attached hydrogen (secondary N) is 1. The van der Waals surface area contributed by atoms with Gasteiger partial charge in [0.2, 0.25) is 0 Å². The fraction of sp³-hybridized carbons (Fsp3) is 0.750. The molecule has 90 valence electrons. The van der Waals surface area contributed by atoms with Crippen molar-refractivity contribution in [3.8, 4) is 0 Å². The third kappa shape index (κ3) is 2.80. The Labute approximate surface area is 102 Å². The third-order valence-electron chi connectivity index (χ3n) is 3.20. The second kappa shape index (κ2) is 5.73. The zero-order valence-corrected chi connectivity index (χ0v) is 11.0. The van der Waals surface area contributed by atoms with Gasteiger partial charge in [0.15, 0.2) is 5.16 Å². The van der Waals surface area contributed by atoms with Crippen LogP contribution in [0, 0.1) is 0 Å². The summed E-state index contributed by atoms with van der Waals surface area (Å²) in [5.74, 6) is 0. The number of hydrogen-bond donors (Lipinski definition) is 1. The van der Waals surface area contributed by atoms with Gasteiger partial charge in [0, 0.05) is 30.7 Å². The second-order valence-electron chi connectivity index (χ2n) is 4.43. The molecule has 1 aliphatic rings. The van der Waals surface area contributed by atoms with Gasteiger partial charge in [-0.1, -0.05) is 31.5 Å². The predicted octanol–water partition coefficient (Wildman–Crippen LogP) is 2.43. The molecule has 1 aromatic heterocycles. The van der Waals surface area contributed by atoms with E-state index in [1.807, 2.05) is 24.2 Å². The first-order valence-corrected chi connectivity index (χ1v) is 7.06. The minimum atomic E-state index is 0.667. The zero-order valence-electron chi connectivity index (χ0n) is 10.1. The highest BCUT2D eigenvalue weighted by molar-refractivity contribution is 7.99. The van der Waals surface area contributed by atoms with Gasteiger partial charge in [0.1, 0.15) is 0 Å². The van der Waals surface area contributed by atoms with E-state index in [9.17, 15) is 0 Å². The van der Waals surface area contributed by atoms with E-state index >= 15 is 0 Å². The van der Waals surface area contributed by atoms with E-state index in [2.05, 4.69) is 28.8 Å². The van der Waals surface area contributed by atoms with Crippen molar-refractivity contribution in [1.82, 2.24) is 14.9 Å². The third-order valence-corrected chi connectivity index (χ3v) is 4.67. The van der Waals surface area contributed by atoms with Crippen LogP contribution in [0.5, 0.6) is 0 Å². The average molecular weight is 239 g/mol. The van der Waals surface area contributed by atoms with Crippen LogP contribution in [0.1, 0.15) is 32.6 Å². The summed E-state index contributed by atoms with van der Waals surface area (Å²) in [5, 5.41) is 5.45. The molecule has 1 aromatic rings. The molecule has 4 heteroatoms. The Balaban J connectivity index is 1.98. The number of imidazole rings is 1. The van der Waals surface area contributed by atoms with Crippen LogP contribution >= 0.6 is 11.8 Å². The van der Waals surface area contributed by atoms with Crippen LogP contribution in [-0.2, 0) is 7.05 Å². The van der Waals surface area contributed by atoms with E-state index in [0.717, 1.165) is 11.7 Å². The molecule has 1 fully saturated rings. The first kappa shape index (κ1) is 12.0. The lowest BCUT2D eigenvalue weighted by atomic mass is 9.95. The Morgan fingerprint density at radius 2 is 2.31 bits per heavy atom. The quantitative estimate of drug-likeness (QED) is 0.875. The molecule has 0 bridgehead atoms. The molecule has 0 aromatic carbocycles. The van der Waals surface area contributed by atoms with Gasteiger partial charge in [-0.2, -0.15) is 0 Å². The summed E-state index contributed by atoms with van der Waals surface area (Å²) >= 11 is 1.94. The highest BCUT2D eigenvalue weighted by Crippen LogP contribution is 2.32. The normalized spacial score (nSPS) is 25.9. The molecule has 3 nitrogen and oxygen atoms in total. The van der Waals surface area contributed by atoms with Crippen molar-refractivity contribution in [2.24, 2.45) is 7.05 Å². The van der Waals surface area contributed by atoms with Gasteiger partial charge in [0.25, 0.3) is 0 Å². The number of nitrogens with zero attached hydrogens (tertiary/aromatic N) is 2. The molecular weight excluding hydrogens is 218 g/mol. The molecule has 0 spiro atoms. The summed E-state index contributed by atoms with van der Waals surface area (Å²) in [6.45, 7) is 3.26. The first-order valence-electron chi connectivity index (χ1n) is 6.18. The lowest BCUT2D eigenvalue weighted by Crippen LogP contribution is -2.40. The number of aryl methyl sites for hydroxylation is 1. The summed E-state index contributed by atoms with van der Waals surface area (Å²) in [6.07, 6.45) is 9.27. The molecule has 2 unspecified atom stereocenters. The van der Waals surface area contributed by atoms with Crippen molar-refractivity contribution in [2.45, 2.75) is 49.1 Å². The van der Waals surface area contributed by atoms with Crippen LogP contribution in [0.3, 0.4) is 0 Å². The van der Waals surface area contributed by atoms with Crippen molar-refractivity contribution in [3.05, 3.63) is 12.4 Å². The van der Waals surface area contributed by atoms with E-state index in [1.54, 1.807) is 0 Å². The topological polar surface area (TPSA) is 29.9 Å². The SMILES string of the molecule is CCNC1CCCCC1Sc1nccn1C. The van der Waals surface area contributed by atoms with Gasteiger partial charge in [-0.3, -0.25) is 0 Å². The summed E-state index contributed by atoms with van der Waals surface area (Å²) in [7, 11) is 2.07. The smallest absolute Gasteiger partial charge is 0.167 e. The predicted molar refractivity (Wildman–Crippen MR) is 68.8 cm³/mol. The summed E-state index contributed by atoms with van der Waals surface area (Å²) in [4.78, 5) is 4.40. The molecule has 2 atom stereocenters. The zero-order chi connectivity index (χ0) is 11.4. The Morgan fingerprint density at radius 3 is 3.00 bits per heavy atom. The highest BCUT2D eigenvalue weighted by atomic mass is 32.2. The van der Waals surface area contributed by atoms with Gasteiger partial charge in [-0.15, -0.1) is 0 Å². The molecule has 1 saturated carbocycles. The first-order chi connectivity index (χ1) is 7.81. The molecule has 2 rings (SSSR count). The monoisotopic (exact) mass is 239 g/mol. The molecule has 1 aliphatic carbocycles. The van der Waals surface area contributed by atoms with Crippen molar-refractivity contribution in [1.29, 1.82) is 0 Å². The highest BCUT2D eigenvalue weighted by Gasteiger charge is 2.26. The Morgan fingerprint density at radius 1 is 1.50 bits per heavy atom. The molecule has 0 amide bonds. The van der Waals surface area contributed by atoms with Gasteiger partial charge in [0.05, 0.1) is 0 Å². The van der Waals surface area contributed by atoms with Crippen molar-refractivity contribution < 1.29 is 0 Å². The van der Waals surface area contributed by atoms with Crippen LogP contribution in [0.15, 0.2) is 17.6 Å². The molecule has 0 radical (unpaired) electrons. The average Bonchev–Trinajstić information content (AvgIpc) is 2.68. The fourth-order valence-electron chi connectivity index (χ4n) is 2.33. The minimum Gasteiger partial charge on any atom is -0.329 e. The molecule has 0 saturated heterocycles. The lowest BCUT2D eigenvalue weighted by Gasteiger charge is -2.31. The molecule has 1 heterocycles. The summed E-state index contributed by atoms with van der Waals surface area (Å²) < 4.78 is 2.11. The Kier molecular flexibility index (Phi) is 4.29. The van der Waals surface area contributed by atoms with Gasteiger partial charge in [-0.05, 0) is 19.4 Å². The molecular formula is C12H21N3S. The Hall–Kier alpha value is -0.480. The van der Waals surface area contributed by atoms with Gasteiger partial charge in [-0.25, -0.2) is 4.98 Å². The van der Waals surface area contributed by atoms with Gasteiger partial charge >= 0.3 is 0 Å². The van der Waals surface area contributed by atoms with E-state index in [0.29, 0.717) is 11.3 Å². The Bertz CT molecular complexity index is 322. The maximum absolute atomic E-state index is 4.40. The number of thioether (sulfide) groups is 1. The van der Waals surface area contributed by atoms with Crippen LogP contribution in [0.4, 0.5) is 0 Å². The summed E-state index contributed by atoms with van der Waals surface area (Å²) in [5.41, 5.74) is 0. The number of aromatic nitrogens is 2. The molecule has 16 heavy (non-hydrogen) atoms. The number of rotatable bonds is 4. The van der Waals surface area contributed by atoms with E-state index in [1.165, 1.54) is 25.7 Å².